The zero-order valence-electron chi connectivity index (χ0n) is 12.5. The summed E-state index contributed by atoms with van der Waals surface area (Å²) in [6.45, 7) is 12.2. The number of hydrogen-bond donors (Lipinski definition) is 0. The van der Waals surface area contributed by atoms with Crippen LogP contribution in [0, 0.1) is 13.8 Å². The van der Waals surface area contributed by atoms with Gasteiger partial charge < -0.3 is 4.90 Å². The quantitative estimate of drug-likeness (QED) is 0.870. The van der Waals surface area contributed by atoms with Crippen LogP contribution in [-0.2, 0) is 0 Å². The molecule has 2 aromatic heterocycles. The number of aromatic nitrogens is 2. The summed E-state index contributed by atoms with van der Waals surface area (Å²) in [6.07, 6.45) is 2.95. The number of thiophene rings is 1. The van der Waals surface area contributed by atoms with Gasteiger partial charge in [0.1, 0.15) is 17.0 Å². The summed E-state index contributed by atoms with van der Waals surface area (Å²) in [5, 5.41) is 1.26. The highest BCUT2D eigenvalue weighted by Gasteiger charge is 2.21. The number of hydrogen-bond acceptors (Lipinski definition) is 5. The van der Waals surface area contributed by atoms with Crippen LogP contribution in [0.4, 0.5) is 5.82 Å². The third-order valence-electron chi connectivity index (χ3n) is 4.16. The molecule has 0 aliphatic carbocycles. The summed E-state index contributed by atoms with van der Waals surface area (Å²) >= 11 is 1.78. The molecule has 0 atom stereocenters. The van der Waals surface area contributed by atoms with E-state index in [0.29, 0.717) is 0 Å². The van der Waals surface area contributed by atoms with E-state index in [1.165, 1.54) is 28.8 Å². The Morgan fingerprint density at radius 3 is 2.60 bits per heavy atom. The maximum Gasteiger partial charge on any atom is 0.141 e. The molecule has 0 aromatic carbocycles. The zero-order chi connectivity index (χ0) is 14.1. The van der Waals surface area contributed by atoms with E-state index in [0.717, 1.165) is 36.8 Å². The maximum atomic E-state index is 4.58. The van der Waals surface area contributed by atoms with Gasteiger partial charge in [-0.15, -0.1) is 11.3 Å². The van der Waals surface area contributed by atoms with Crippen molar-refractivity contribution < 1.29 is 0 Å². The van der Waals surface area contributed by atoms with Crippen molar-refractivity contribution in [3.63, 3.8) is 0 Å². The first-order valence-electron chi connectivity index (χ1n) is 7.38. The van der Waals surface area contributed by atoms with Crippen molar-refractivity contribution in [1.29, 1.82) is 0 Å². The molecule has 5 heteroatoms. The van der Waals surface area contributed by atoms with Crippen LogP contribution in [0.2, 0.25) is 0 Å². The van der Waals surface area contributed by atoms with Crippen LogP contribution in [-0.4, -0.2) is 47.6 Å². The van der Waals surface area contributed by atoms with Gasteiger partial charge in [-0.1, -0.05) is 6.92 Å². The molecule has 1 aliphatic heterocycles. The van der Waals surface area contributed by atoms with Gasteiger partial charge in [-0.25, -0.2) is 9.97 Å². The van der Waals surface area contributed by atoms with E-state index in [-0.39, 0.29) is 0 Å². The van der Waals surface area contributed by atoms with Crippen LogP contribution in [0.3, 0.4) is 0 Å². The minimum atomic E-state index is 1.07. The van der Waals surface area contributed by atoms with E-state index in [1.807, 2.05) is 0 Å². The Bertz CT molecular complexity index is 599. The molecule has 2 aromatic rings. The van der Waals surface area contributed by atoms with Gasteiger partial charge in [0, 0.05) is 31.1 Å². The van der Waals surface area contributed by atoms with E-state index in [2.05, 4.69) is 40.5 Å². The lowest BCUT2D eigenvalue weighted by molar-refractivity contribution is 0.258. The Morgan fingerprint density at radius 2 is 1.90 bits per heavy atom. The lowest BCUT2D eigenvalue weighted by Gasteiger charge is -2.35. The third-order valence-corrected chi connectivity index (χ3v) is 5.27. The number of fused-ring (bicyclic) bond motifs is 1. The fourth-order valence-corrected chi connectivity index (χ4v) is 3.89. The van der Waals surface area contributed by atoms with Gasteiger partial charge in [0.25, 0.3) is 0 Å². The molecule has 3 rings (SSSR count). The van der Waals surface area contributed by atoms with Gasteiger partial charge in [-0.3, -0.25) is 4.90 Å². The average Bonchev–Trinajstić information content (AvgIpc) is 2.76. The fourth-order valence-electron chi connectivity index (χ4n) is 2.90. The highest BCUT2D eigenvalue weighted by molar-refractivity contribution is 7.18. The van der Waals surface area contributed by atoms with Gasteiger partial charge in [0.2, 0.25) is 0 Å². The number of piperazine rings is 1. The largest absolute Gasteiger partial charge is 0.353 e. The Kier molecular flexibility index (Phi) is 3.89. The summed E-state index contributed by atoms with van der Waals surface area (Å²) in [7, 11) is 0. The molecule has 1 aliphatic rings. The smallest absolute Gasteiger partial charge is 0.141 e. The second-order valence-electron chi connectivity index (χ2n) is 5.49. The topological polar surface area (TPSA) is 32.3 Å². The van der Waals surface area contributed by atoms with Crippen molar-refractivity contribution in [3.05, 3.63) is 16.8 Å². The van der Waals surface area contributed by atoms with Crippen LogP contribution < -0.4 is 4.90 Å². The second kappa shape index (κ2) is 5.66. The molecule has 0 unspecified atom stereocenters. The first-order chi connectivity index (χ1) is 9.70. The van der Waals surface area contributed by atoms with E-state index >= 15 is 0 Å². The minimum absolute atomic E-state index is 1.07. The van der Waals surface area contributed by atoms with Crippen molar-refractivity contribution in [1.82, 2.24) is 14.9 Å². The van der Waals surface area contributed by atoms with E-state index in [4.69, 9.17) is 0 Å². The summed E-state index contributed by atoms with van der Waals surface area (Å²) in [5.74, 6) is 1.13. The van der Waals surface area contributed by atoms with Crippen molar-refractivity contribution in [2.24, 2.45) is 0 Å². The second-order valence-corrected chi connectivity index (χ2v) is 6.69. The lowest BCUT2D eigenvalue weighted by atomic mass is 10.2. The molecule has 0 spiro atoms. The molecular formula is C15H22N4S. The average molecular weight is 290 g/mol. The van der Waals surface area contributed by atoms with Gasteiger partial charge in [-0.05, 0) is 32.4 Å². The molecule has 0 radical (unpaired) electrons. The standard InChI is InChI=1S/C15H22N4S/c1-4-5-18-6-8-19(9-7-18)14-13-11(2)12(3)20-15(13)17-10-16-14/h10H,4-9H2,1-3H3. The Balaban J connectivity index is 1.88. The molecule has 0 bridgehead atoms. The molecule has 20 heavy (non-hydrogen) atoms. The number of rotatable bonds is 3. The van der Waals surface area contributed by atoms with E-state index in [1.54, 1.807) is 17.7 Å². The first-order valence-corrected chi connectivity index (χ1v) is 8.20. The Hall–Kier alpha value is -1.20. The molecule has 1 fully saturated rings. The van der Waals surface area contributed by atoms with Gasteiger partial charge in [0.15, 0.2) is 0 Å². The van der Waals surface area contributed by atoms with Crippen LogP contribution in [0.15, 0.2) is 6.33 Å². The van der Waals surface area contributed by atoms with Crippen LogP contribution >= 0.6 is 11.3 Å². The summed E-state index contributed by atoms with van der Waals surface area (Å²) < 4.78 is 0. The fraction of sp³-hybridized carbons (Fsp3) is 0.600. The summed E-state index contributed by atoms with van der Waals surface area (Å²) in [4.78, 5) is 16.5. The van der Waals surface area contributed by atoms with Crippen LogP contribution in [0.5, 0.6) is 0 Å². The van der Waals surface area contributed by atoms with Crippen molar-refractivity contribution in [2.45, 2.75) is 27.2 Å². The Morgan fingerprint density at radius 1 is 1.15 bits per heavy atom. The van der Waals surface area contributed by atoms with Crippen molar-refractivity contribution in [3.8, 4) is 0 Å². The third kappa shape index (κ3) is 2.40. The zero-order valence-corrected chi connectivity index (χ0v) is 13.3. The van der Waals surface area contributed by atoms with Crippen molar-refractivity contribution >= 4 is 27.4 Å². The first kappa shape index (κ1) is 13.8. The number of aryl methyl sites for hydroxylation is 2. The molecule has 0 amide bonds. The van der Waals surface area contributed by atoms with Gasteiger partial charge in [0.05, 0.1) is 5.39 Å². The molecule has 1 saturated heterocycles. The molecule has 0 saturated carbocycles. The lowest BCUT2D eigenvalue weighted by Crippen LogP contribution is -2.46. The predicted octanol–water partition coefficient (Wildman–Crippen LogP) is 2.84. The number of nitrogens with zero attached hydrogens (tertiary/aromatic N) is 4. The van der Waals surface area contributed by atoms with Crippen LogP contribution in [0.25, 0.3) is 10.2 Å². The Labute approximate surface area is 124 Å². The molecular weight excluding hydrogens is 268 g/mol. The summed E-state index contributed by atoms with van der Waals surface area (Å²) in [6, 6.07) is 0. The SMILES string of the molecule is CCCN1CCN(c2ncnc3sc(C)c(C)c23)CC1. The number of anilines is 1. The normalized spacial score (nSPS) is 17.1. The highest BCUT2D eigenvalue weighted by Crippen LogP contribution is 2.34. The van der Waals surface area contributed by atoms with Crippen LogP contribution in [0.1, 0.15) is 23.8 Å². The monoisotopic (exact) mass is 290 g/mol. The van der Waals surface area contributed by atoms with E-state index < -0.39 is 0 Å². The molecule has 108 valence electrons. The van der Waals surface area contributed by atoms with Gasteiger partial charge >= 0.3 is 0 Å². The summed E-state index contributed by atoms with van der Waals surface area (Å²) in [5.41, 5.74) is 1.34. The van der Waals surface area contributed by atoms with Crippen molar-refractivity contribution in [2.75, 3.05) is 37.6 Å². The molecule has 3 heterocycles. The highest BCUT2D eigenvalue weighted by atomic mass is 32.1. The molecule has 4 nitrogen and oxygen atoms in total. The molecule has 0 N–H and O–H groups in total. The van der Waals surface area contributed by atoms with E-state index in [9.17, 15) is 0 Å². The maximum absolute atomic E-state index is 4.58. The predicted molar refractivity (Wildman–Crippen MR) is 85.8 cm³/mol. The minimum Gasteiger partial charge on any atom is -0.353 e. The van der Waals surface area contributed by atoms with Gasteiger partial charge in [-0.2, -0.15) is 0 Å².